The molecule has 0 radical (unpaired) electrons. The summed E-state index contributed by atoms with van der Waals surface area (Å²) in [6, 6.07) is 5.43. The molecule has 0 aromatic heterocycles. The molecule has 0 spiro atoms. The molecule has 0 saturated carbocycles. The van der Waals surface area contributed by atoms with E-state index in [0.29, 0.717) is 10.0 Å². The van der Waals surface area contributed by atoms with Crippen molar-refractivity contribution < 1.29 is 0 Å². The maximum atomic E-state index is 5.89. The van der Waals surface area contributed by atoms with Crippen LogP contribution < -0.4 is 0 Å². The number of rotatable bonds is 1. The van der Waals surface area contributed by atoms with Gasteiger partial charge in [-0.2, -0.15) is 12.6 Å². The molecule has 0 saturated heterocycles. The van der Waals surface area contributed by atoms with E-state index in [9.17, 15) is 0 Å². The quantitative estimate of drug-likeness (QED) is 0.661. The Hall–Kier alpha value is 0.150. The first kappa shape index (κ1) is 9.24. The van der Waals surface area contributed by atoms with Crippen LogP contribution >= 0.6 is 35.8 Å². The fourth-order valence-electron chi connectivity index (χ4n) is 0.840. The van der Waals surface area contributed by atoms with Crippen LogP contribution in [0.3, 0.4) is 0 Å². The maximum Gasteiger partial charge on any atom is 0.0463 e. The molecule has 0 fully saturated rings. The van der Waals surface area contributed by atoms with E-state index in [1.54, 1.807) is 6.07 Å². The van der Waals surface area contributed by atoms with Gasteiger partial charge in [0.15, 0.2) is 0 Å². The summed E-state index contributed by atoms with van der Waals surface area (Å²) in [7, 11) is 0. The summed E-state index contributed by atoms with van der Waals surface area (Å²) >= 11 is 15.9. The molecular weight excluding hydrogens is 199 g/mol. The zero-order chi connectivity index (χ0) is 8.43. The normalized spacial score (nSPS) is 13.1. The van der Waals surface area contributed by atoms with Gasteiger partial charge in [-0.15, -0.1) is 0 Å². The standard InChI is InChI=1S/C8H8Cl2S/c1-5(11)7-3-2-6(9)4-8(7)10/h2-5,11H,1H3. The largest absolute Gasteiger partial charge is 0.171 e. The highest BCUT2D eigenvalue weighted by Crippen LogP contribution is 2.28. The van der Waals surface area contributed by atoms with E-state index >= 15 is 0 Å². The van der Waals surface area contributed by atoms with Crippen molar-refractivity contribution in [1.82, 2.24) is 0 Å². The van der Waals surface area contributed by atoms with Gasteiger partial charge in [-0.05, 0) is 24.6 Å². The minimum absolute atomic E-state index is 0.153. The first-order valence-corrected chi connectivity index (χ1v) is 4.51. The van der Waals surface area contributed by atoms with Crippen LogP contribution in [0.15, 0.2) is 18.2 Å². The predicted molar refractivity (Wildman–Crippen MR) is 53.9 cm³/mol. The third-order valence-electron chi connectivity index (χ3n) is 1.41. The average molecular weight is 207 g/mol. The molecular formula is C8H8Cl2S. The van der Waals surface area contributed by atoms with Crippen molar-refractivity contribution in [2.24, 2.45) is 0 Å². The molecule has 0 heterocycles. The molecule has 1 atom stereocenters. The fraction of sp³-hybridized carbons (Fsp3) is 0.250. The molecule has 3 heteroatoms. The Kier molecular flexibility index (Phi) is 3.11. The Labute approximate surface area is 81.9 Å². The number of thiol groups is 1. The van der Waals surface area contributed by atoms with Crippen LogP contribution in [0.2, 0.25) is 10.0 Å². The van der Waals surface area contributed by atoms with Crippen molar-refractivity contribution in [3.8, 4) is 0 Å². The van der Waals surface area contributed by atoms with Crippen molar-refractivity contribution in [3.63, 3.8) is 0 Å². The van der Waals surface area contributed by atoms with Crippen molar-refractivity contribution in [2.75, 3.05) is 0 Å². The van der Waals surface area contributed by atoms with Crippen molar-refractivity contribution in [2.45, 2.75) is 12.2 Å². The predicted octanol–water partition coefficient (Wildman–Crippen LogP) is 3.98. The minimum Gasteiger partial charge on any atom is -0.171 e. The summed E-state index contributed by atoms with van der Waals surface area (Å²) in [5.74, 6) is 0. The molecule has 0 bridgehead atoms. The van der Waals surface area contributed by atoms with E-state index in [1.807, 2.05) is 19.1 Å². The lowest BCUT2D eigenvalue weighted by Gasteiger charge is -2.06. The zero-order valence-electron chi connectivity index (χ0n) is 6.01. The Balaban J connectivity index is 3.09. The smallest absolute Gasteiger partial charge is 0.0463 e. The van der Waals surface area contributed by atoms with Crippen LogP contribution in [0.25, 0.3) is 0 Å². The number of benzene rings is 1. The van der Waals surface area contributed by atoms with Gasteiger partial charge >= 0.3 is 0 Å². The topological polar surface area (TPSA) is 0 Å². The van der Waals surface area contributed by atoms with Gasteiger partial charge in [0, 0.05) is 15.3 Å². The second-order valence-corrected chi connectivity index (χ2v) is 3.96. The Morgan fingerprint density at radius 3 is 2.45 bits per heavy atom. The van der Waals surface area contributed by atoms with Crippen molar-refractivity contribution in [1.29, 1.82) is 0 Å². The van der Waals surface area contributed by atoms with Gasteiger partial charge in [-0.1, -0.05) is 29.3 Å². The van der Waals surface area contributed by atoms with Crippen LogP contribution in [0.5, 0.6) is 0 Å². The maximum absolute atomic E-state index is 5.89. The molecule has 60 valence electrons. The Bertz CT molecular complexity index is 258. The number of halogens is 2. The molecule has 1 aromatic carbocycles. The highest BCUT2D eigenvalue weighted by Gasteiger charge is 2.04. The van der Waals surface area contributed by atoms with Crippen molar-refractivity contribution >= 4 is 35.8 Å². The molecule has 0 amide bonds. The van der Waals surface area contributed by atoms with E-state index in [4.69, 9.17) is 23.2 Å². The lowest BCUT2D eigenvalue weighted by molar-refractivity contribution is 1.11. The first-order valence-electron chi connectivity index (χ1n) is 3.24. The van der Waals surface area contributed by atoms with Crippen LogP contribution in [0.1, 0.15) is 17.7 Å². The number of hydrogen-bond donors (Lipinski definition) is 1. The van der Waals surface area contributed by atoms with Crippen LogP contribution in [0.4, 0.5) is 0 Å². The van der Waals surface area contributed by atoms with Gasteiger partial charge in [0.2, 0.25) is 0 Å². The molecule has 0 aliphatic carbocycles. The second-order valence-electron chi connectivity index (χ2n) is 2.34. The summed E-state index contributed by atoms with van der Waals surface area (Å²) in [6.07, 6.45) is 0. The lowest BCUT2D eigenvalue weighted by Crippen LogP contribution is -1.84. The Morgan fingerprint density at radius 2 is 2.00 bits per heavy atom. The summed E-state index contributed by atoms with van der Waals surface area (Å²) < 4.78 is 0. The van der Waals surface area contributed by atoms with E-state index in [0.717, 1.165) is 5.56 Å². The lowest BCUT2D eigenvalue weighted by atomic mass is 10.2. The highest BCUT2D eigenvalue weighted by atomic mass is 35.5. The van der Waals surface area contributed by atoms with E-state index in [1.165, 1.54) is 0 Å². The zero-order valence-corrected chi connectivity index (χ0v) is 8.42. The molecule has 0 aliphatic heterocycles. The Morgan fingerprint density at radius 1 is 1.36 bits per heavy atom. The molecule has 0 nitrogen and oxygen atoms in total. The van der Waals surface area contributed by atoms with Crippen molar-refractivity contribution in [3.05, 3.63) is 33.8 Å². The van der Waals surface area contributed by atoms with Crippen LogP contribution in [-0.4, -0.2) is 0 Å². The van der Waals surface area contributed by atoms with Gasteiger partial charge in [-0.3, -0.25) is 0 Å². The van der Waals surface area contributed by atoms with E-state index in [-0.39, 0.29) is 5.25 Å². The molecule has 1 aromatic rings. The molecule has 0 aliphatic rings. The average Bonchev–Trinajstić information content (AvgIpc) is 1.85. The molecule has 1 rings (SSSR count). The van der Waals surface area contributed by atoms with E-state index < -0.39 is 0 Å². The highest BCUT2D eigenvalue weighted by molar-refractivity contribution is 7.80. The van der Waals surface area contributed by atoms with Gasteiger partial charge in [0.25, 0.3) is 0 Å². The van der Waals surface area contributed by atoms with Crippen LogP contribution in [-0.2, 0) is 0 Å². The SMILES string of the molecule is CC(S)c1ccc(Cl)cc1Cl. The third-order valence-corrected chi connectivity index (χ3v) is 2.25. The van der Waals surface area contributed by atoms with Crippen LogP contribution in [0, 0.1) is 0 Å². The molecule has 1 unspecified atom stereocenters. The first-order chi connectivity index (χ1) is 5.11. The molecule has 11 heavy (non-hydrogen) atoms. The summed E-state index contributed by atoms with van der Waals surface area (Å²) in [5, 5.41) is 1.49. The summed E-state index contributed by atoms with van der Waals surface area (Å²) in [4.78, 5) is 0. The number of hydrogen-bond acceptors (Lipinski definition) is 1. The second kappa shape index (κ2) is 3.70. The fourth-order valence-corrected chi connectivity index (χ4v) is 1.71. The monoisotopic (exact) mass is 206 g/mol. The van der Waals surface area contributed by atoms with Gasteiger partial charge in [0.05, 0.1) is 0 Å². The summed E-state index contributed by atoms with van der Waals surface area (Å²) in [5.41, 5.74) is 1.01. The van der Waals surface area contributed by atoms with Gasteiger partial charge in [-0.25, -0.2) is 0 Å². The van der Waals surface area contributed by atoms with Gasteiger partial charge in [0.1, 0.15) is 0 Å². The minimum atomic E-state index is 0.153. The third kappa shape index (κ3) is 2.29. The molecule has 0 N–H and O–H groups in total. The van der Waals surface area contributed by atoms with E-state index in [2.05, 4.69) is 12.6 Å². The van der Waals surface area contributed by atoms with Gasteiger partial charge < -0.3 is 0 Å². The summed E-state index contributed by atoms with van der Waals surface area (Å²) in [6.45, 7) is 1.97.